The minimum atomic E-state index is -0.688. The van der Waals surface area contributed by atoms with Crippen LogP contribution in [-0.4, -0.2) is 9.62 Å². The Hall–Kier alpha value is 0.440. The number of rotatable bonds is 1. The van der Waals surface area contributed by atoms with Crippen molar-refractivity contribution in [2.75, 3.05) is 0 Å². The van der Waals surface area contributed by atoms with Crippen LogP contribution in [0, 0.1) is 5.92 Å². The van der Waals surface area contributed by atoms with Gasteiger partial charge in [-0.25, -0.2) is 0 Å². The maximum absolute atomic E-state index is 9.01. The van der Waals surface area contributed by atoms with Crippen LogP contribution in [0.5, 0.6) is 0 Å². The number of hydrogen-bond acceptors (Lipinski definition) is 1. The first-order valence-electron chi connectivity index (χ1n) is 2.36. The first-order valence-corrected chi connectivity index (χ1v) is 3.15. The molecule has 7 heavy (non-hydrogen) atoms. The molecule has 2 heteroatoms. The Kier molecular flexibility index (Phi) is 2.27. The summed E-state index contributed by atoms with van der Waals surface area (Å²) in [5.41, 5.74) is 0. The third kappa shape index (κ3) is 3.06. The summed E-state index contributed by atoms with van der Waals surface area (Å²) in [7, 11) is 0. The molecule has 0 aromatic rings. The Morgan fingerprint density at radius 2 is 1.71 bits per heavy atom. The van der Waals surface area contributed by atoms with Gasteiger partial charge < -0.3 is 5.11 Å². The summed E-state index contributed by atoms with van der Waals surface area (Å²) in [6.45, 7) is 5.64. The van der Waals surface area contributed by atoms with E-state index in [1.54, 1.807) is 6.92 Å². The fourth-order valence-corrected chi connectivity index (χ4v) is 0. The van der Waals surface area contributed by atoms with Crippen molar-refractivity contribution in [1.82, 2.24) is 0 Å². The van der Waals surface area contributed by atoms with Crippen molar-refractivity contribution < 1.29 is 5.11 Å². The second kappa shape index (κ2) is 2.14. The second-order valence-electron chi connectivity index (χ2n) is 2.18. The summed E-state index contributed by atoms with van der Waals surface area (Å²) >= 11 is 3.10. The smallest absolute Gasteiger partial charge is 0.119 e. The van der Waals surface area contributed by atoms with Crippen LogP contribution in [-0.2, 0) is 0 Å². The summed E-state index contributed by atoms with van der Waals surface area (Å²) in [6, 6.07) is 0. The van der Waals surface area contributed by atoms with Gasteiger partial charge in [0.1, 0.15) is 4.51 Å². The maximum atomic E-state index is 9.01. The summed E-state index contributed by atoms with van der Waals surface area (Å²) in [6.07, 6.45) is 0. The Morgan fingerprint density at radius 3 is 1.71 bits per heavy atom. The van der Waals surface area contributed by atoms with E-state index in [0.717, 1.165) is 0 Å². The maximum Gasteiger partial charge on any atom is 0.119 e. The van der Waals surface area contributed by atoms with E-state index in [4.69, 9.17) is 5.11 Å². The Morgan fingerprint density at radius 1 is 1.57 bits per heavy atom. The highest BCUT2D eigenvalue weighted by molar-refractivity contribution is 9.10. The fourth-order valence-electron chi connectivity index (χ4n) is 0. The average Bonchev–Trinajstić information content (AvgIpc) is 1.31. The Balaban J connectivity index is 3.54. The van der Waals surface area contributed by atoms with Crippen molar-refractivity contribution in [3.63, 3.8) is 0 Å². The monoisotopic (exact) mass is 166 g/mol. The molecule has 0 saturated carbocycles. The van der Waals surface area contributed by atoms with Gasteiger partial charge in [-0.2, -0.15) is 0 Å². The molecule has 1 unspecified atom stereocenters. The molecule has 0 rings (SSSR count). The second-order valence-corrected chi connectivity index (χ2v) is 3.78. The van der Waals surface area contributed by atoms with Gasteiger partial charge in [-0.3, -0.25) is 0 Å². The lowest BCUT2D eigenvalue weighted by molar-refractivity contribution is 0.115. The number of halogens is 1. The van der Waals surface area contributed by atoms with Crippen molar-refractivity contribution in [3.8, 4) is 0 Å². The number of alkyl halides is 1. The normalized spacial score (nSPS) is 19.7. The van der Waals surface area contributed by atoms with Gasteiger partial charge in [-0.1, -0.05) is 29.8 Å². The summed E-state index contributed by atoms with van der Waals surface area (Å²) < 4.78 is -0.688. The molecule has 1 atom stereocenters. The lowest BCUT2D eigenvalue weighted by atomic mass is 10.1. The lowest BCUT2D eigenvalue weighted by Crippen LogP contribution is -2.21. The Bertz CT molecular complexity index is 53.6. The van der Waals surface area contributed by atoms with E-state index in [0.29, 0.717) is 0 Å². The van der Waals surface area contributed by atoms with Crippen LogP contribution in [0.4, 0.5) is 0 Å². The molecule has 0 heterocycles. The average molecular weight is 167 g/mol. The molecule has 0 fully saturated rings. The predicted molar refractivity (Wildman–Crippen MR) is 34.4 cm³/mol. The van der Waals surface area contributed by atoms with Gasteiger partial charge in [0.25, 0.3) is 0 Å². The first-order chi connectivity index (χ1) is 2.94. The van der Waals surface area contributed by atoms with Gasteiger partial charge in [-0.15, -0.1) is 0 Å². The third-order valence-electron chi connectivity index (χ3n) is 1.05. The van der Waals surface area contributed by atoms with Crippen LogP contribution in [0.15, 0.2) is 0 Å². The molecule has 1 N–H and O–H groups in total. The minimum Gasteiger partial charge on any atom is -0.379 e. The molecule has 0 aliphatic rings. The predicted octanol–water partition coefficient (Wildman–Crippen LogP) is 1.75. The van der Waals surface area contributed by atoms with Crippen LogP contribution in [0.3, 0.4) is 0 Å². The molecule has 0 aliphatic carbocycles. The molecular weight excluding hydrogens is 156 g/mol. The van der Waals surface area contributed by atoms with Gasteiger partial charge in [0, 0.05) is 0 Å². The van der Waals surface area contributed by atoms with Crippen LogP contribution in [0.25, 0.3) is 0 Å². The number of aliphatic hydroxyl groups is 1. The van der Waals surface area contributed by atoms with E-state index in [1.807, 2.05) is 13.8 Å². The molecule has 0 bridgehead atoms. The zero-order valence-corrected chi connectivity index (χ0v) is 6.49. The van der Waals surface area contributed by atoms with Crippen LogP contribution < -0.4 is 0 Å². The van der Waals surface area contributed by atoms with Gasteiger partial charge in [0.05, 0.1) is 0 Å². The molecule has 0 spiro atoms. The topological polar surface area (TPSA) is 20.2 Å². The fraction of sp³-hybridized carbons (Fsp3) is 1.00. The van der Waals surface area contributed by atoms with Gasteiger partial charge in [0.2, 0.25) is 0 Å². The highest BCUT2D eigenvalue weighted by Gasteiger charge is 2.18. The highest BCUT2D eigenvalue weighted by atomic mass is 79.9. The van der Waals surface area contributed by atoms with Crippen molar-refractivity contribution in [3.05, 3.63) is 0 Å². The van der Waals surface area contributed by atoms with Gasteiger partial charge in [-0.05, 0) is 12.8 Å². The molecule has 0 aromatic carbocycles. The number of hydrogen-bond donors (Lipinski definition) is 1. The van der Waals surface area contributed by atoms with Gasteiger partial charge in [0.15, 0.2) is 0 Å². The van der Waals surface area contributed by atoms with Crippen LogP contribution >= 0.6 is 15.9 Å². The lowest BCUT2D eigenvalue weighted by Gasteiger charge is -2.18. The zero-order chi connectivity index (χ0) is 6.08. The largest absolute Gasteiger partial charge is 0.379 e. The quantitative estimate of drug-likeness (QED) is 0.589. The van der Waals surface area contributed by atoms with E-state index < -0.39 is 4.51 Å². The SMILES string of the molecule is CC(C)C(C)(O)Br. The third-order valence-corrected chi connectivity index (χ3v) is 1.97. The molecule has 0 radical (unpaired) electrons. The summed E-state index contributed by atoms with van der Waals surface area (Å²) in [5.74, 6) is 0.271. The molecule has 0 saturated heterocycles. The van der Waals surface area contributed by atoms with Crippen molar-refractivity contribution in [2.24, 2.45) is 5.92 Å². The van der Waals surface area contributed by atoms with E-state index in [9.17, 15) is 0 Å². The molecule has 0 aromatic heterocycles. The molecule has 0 aliphatic heterocycles. The van der Waals surface area contributed by atoms with E-state index in [2.05, 4.69) is 15.9 Å². The molecule has 44 valence electrons. The van der Waals surface area contributed by atoms with E-state index in [-0.39, 0.29) is 5.92 Å². The standard InChI is InChI=1S/C5H11BrO/c1-4(2)5(3,6)7/h4,7H,1-3H3. The summed E-state index contributed by atoms with van der Waals surface area (Å²) in [5, 5.41) is 9.01. The van der Waals surface area contributed by atoms with E-state index in [1.165, 1.54) is 0 Å². The van der Waals surface area contributed by atoms with Crippen molar-refractivity contribution >= 4 is 15.9 Å². The van der Waals surface area contributed by atoms with Crippen LogP contribution in [0.2, 0.25) is 0 Å². The Labute approximate surface area is 52.9 Å². The van der Waals surface area contributed by atoms with Gasteiger partial charge >= 0.3 is 0 Å². The zero-order valence-electron chi connectivity index (χ0n) is 4.90. The molecular formula is C5H11BrO. The highest BCUT2D eigenvalue weighted by Crippen LogP contribution is 2.22. The van der Waals surface area contributed by atoms with Crippen molar-refractivity contribution in [1.29, 1.82) is 0 Å². The van der Waals surface area contributed by atoms with E-state index >= 15 is 0 Å². The minimum absolute atomic E-state index is 0.271. The molecule has 0 amide bonds. The van der Waals surface area contributed by atoms with Crippen LogP contribution in [0.1, 0.15) is 20.8 Å². The summed E-state index contributed by atoms with van der Waals surface area (Å²) in [4.78, 5) is 0. The van der Waals surface area contributed by atoms with Crippen molar-refractivity contribution in [2.45, 2.75) is 25.3 Å². The molecule has 1 nitrogen and oxygen atoms in total. The first kappa shape index (κ1) is 7.44.